The fourth-order valence-corrected chi connectivity index (χ4v) is 2.57. The highest BCUT2D eigenvalue weighted by Crippen LogP contribution is 2.28. The second kappa shape index (κ2) is 4.90. The number of benzene rings is 1. The zero-order chi connectivity index (χ0) is 14.1. The maximum Gasteiger partial charge on any atom is 0.336 e. The van der Waals surface area contributed by atoms with Gasteiger partial charge in [0.1, 0.15) is 16.5 Å². The van der Waals surface area contributed by atoms with Gasteiger partial charge >= 0.3 is 5.97 Å². The quantitative estimate of drug-likeness (QED) is 0.801. The molecule has 2 aromatic heterocycles. The van der Waals surface area contributed by atoms with Gasteiger partial charge in [0.05, 0.1) is 18.2 Å². The monoisotopic (exact) mass is 286 g/mol. The molecule has 0 saturated heterocycles. The third-order valence-electron chi connectivity index (χ3n) is 2.90. The van der Waals surface area contributed by atoms with E-state index in [0.717, 1.165) is 0 Å². The normalized spacial score (nSPS) is 10.7. The predicted octanol–water partition coefficient (Wildman–Crippen LogP) is 3.07. The highest BCUT2D eigenvalue weighted by molar-refractivity contribution is 7.13. The van der Waals surface area contributed by atoms with Crippen molar-refractivity contribution in [2.24, 2.45) is 0 Å². The van der Waals surface area contributed by atoms with E-state index >= 15 is 0 Å². The maximum atomic E-state index is 11.5. The molecule has 6 heteroatoms. The fourth-order valence-electron chi connectivity index (χ4n) is 1.97. The number of nitrogens with zero attached hydrogens (tertiary/aromatic N) is 2. The average molecular weight is 286 g/mol. The highest BCUT2D eigenvalue weighted by atomic mass is 32.1. The van der Waals surface area contributed by atoms with Crippen LogP contribution in [0.4, 0.5) is 0 Å². The van der Waals surface area contributed by atoms with Gasteiger partial charge in [-0.3, -0.25) is 0 Å². The van der Waals surface area contributed by atoms with Crippen molar-refractivity contribution in [3.8, 4) is 16.5 Å². The molecule has 3 rings (SSSR count). The summed E-state index contributed by atoms with van der Waals surface area (Å²) in [4.78, 5) is 20.1. The number of carboxylic acid groups (broad SMARTS) is 1. The zero-order valence-corrected chi connectivity index (χ0v) is 11.3. The number of rotatable bonds is 3. The second-order valence-electron chi connectivity index (χ2n) is 4.08. The standard InChI is InChI=1S/C14H10N2O3S/c1-19-8-2-3-11-9(6-8)10(14(17)18)7-12(16-11)13-15-4-5-20-13/h2-7H,1H3,(H,17,18). The van der Waals surface area contributed by atoms with E-state index in [0.29, 0.717) is 27.4 Å². The van der Waals surface area contributed by atoms with Crippen molar-refractivity contribution in [3.63, 3.8) is 0 Å². The Kier molecular flexibility index (Phi) is 3.08. The van der Waals surface area contributed by atoms with Crippen molar-refractivity contribution in [1.82, 2.24) is 9.97 Å². The van der Waals surface area contributed by atoms with Gasteiger partial charge in [-0.1, -0.05) is 0 Å². The lowest BCUT2D eigenvalue weighted by Gasteiger charge is -2.07. The fraction of sp³-hybridized carbons (Fsp3) is 0.0714. The number of aromatic nitrogens is 2. The van der Waals surface area contributed by atoms with Crippen LogP contribution >= 0.6 is 11.3 Å². The summed E-state index contributed by atoms with van der Waals surface area (Å²) in [5, 5.41) is 12.5. The van der Waals surface area contributed by atoms with Gasteiger partial charge < -0.3 is 9.84 Å². The molecule has 20 heavy (non-hydrogen) atoms. The third-order valence-corrected chi connectivity index (χ3v) is 3.69. The van der Waals surface area contributed by atoms with Crippen molar-refractivity contribution in [2.45, 2.75) is 0 Å². The van der Waals surface area contributed by atoms with E-state index < -0.39 is 5.97 Å². The van der Waals surface area contributed by atoms with Crippen LogP contribution in [-0.4, -0.2) is 28.2 Å². The van der Waals surface area contributed by atoms with Crippen LogP contribution in [0, 0.1) is 0 Å². The molecule has 100 valence electrons. The van der Waals surface area contributed by atoms with E-state index in [-0.39, 0.29) is 5.56 Å². The number of thiazole rings is 1. The van der Waals surface area contributed by atoms with Crippen molar-refractivity contribution < 1.29 is 14.6 Å². The van der Waals surface area contributed by atoms with Gasteiger partial charge in [-0.2, -0.15) is 0 Å². The minimum absolute atomic E-state index is 0.194. The van der Waals surface area contributed by atoms with Gasteiger partial charge in [-0.15, -0.1) is 11.3 Å². The Morgan fingerprint density at radius 2 is 2.20 bits per heavy atom. The van der Waals surface area contributed by atoms with Crippen LogP contribution in [0.15, 0.2) is 35.8 Å². The minimum atomic E-state index is -0.997. The Bertz CT molecular complexity index is 784. The Morgan fingerprint density at radius 1 is 1.35 bits per heavy atom. The van der Waals surface area contributed by atoms with Gasteiger partial charge in [0.2, 0.25) is 0 Å². The lowest BCUT2D eigenvalue weighted by Crippen LogP contribution is -2.00. The van der Waals surface area contributed by atoms with Crippen LogP contribution in [0.3, 0.4) is 0 Å². The molecule has 0 aliphatic carbocycles. The number of aromatic carboxylic acids is 1. The molecule has 0 aliphatic heterocycles. The van der Waals surface area contributed by atoms with E-state index in [1.807, 2.05) is 5.38 Å². The number of hydrogen-bond donors (Lipinski definition) is 1. The van der Waals surface area contributed by atoms with Crippen molar-refractivity contribution in [1.29, 1.82) is 0 Å². The van der Waals surface area contributed by atoms with Crippen LogP contribution in [0.25, 0.3) is 21.6 Å². The van der Waals surface area contributed by atoms with Crippen molar-refractivity contribution in [3.05, 3.63) is 41.4 Å². The summed E-state index contributed by atoms with van der Waals surface area (Å²) < 4.78 is 5.13. The zero-order valence-electron chi connectivity index (χ0n) is 10.5. The van der Waals surface area contributed by atoms with E-state index in [4.69, 9.17) is 4.74 Å². The topological polar surface area (TPSA) is 72.3 Å². The Balaban J connectivity index is 2.30. The third kappa shape index (κ3) is 2.10. The van der Waals surface area contributed by atoms with E-state index in [2.05, 4.69) is 9.97 Å². The summed E-state index contributed by atoms with van der Waals surface area (Å²) in [6, 6.07) is 6.73. The van der Waals surface area contributed by atoms with E-state index in [1.54, 1.807) is 37.6 Å². The minimum Gasteiger partial charge on any atom is -0.497 e. The summed E-state index contributed by atoms with van der Waals surface area (Å²) in [6.45, 7) is 0. The molecule has 0 fully saturated rings. The van der Waals surface area contributed by atoms with Crippen LogP contribution in [0.5, 0.6) is 5.75 Å². The summed E-state index contributed by atoms with van der Waals surface area (Å²) in [5.74, 6) is -0.396. The van der Waals surface area contributed by atoms with E-state index in [1.165, 1.54) is 11.3 Å². The van der Waals surface area contributed by atoms with Gasteiger partial charge in [0, 0.05) is 17.0 Å². The summed E-state index contributed by atoms with van der Waals surface area (Å²) in [6.07, 6.45) is 1.67. The first-order valence-corrected chi connectivity index (χ1v) is 6.69. The van der Waals surface area contributed by atoms with Gasteiger partial charge in [-0.25, -0.2) is 14.8 Å². The van der Waals surface area contributed by atoms with Crippen LogP contribution < -0.4 is 4.74 Å². The van der Waals surface area contributed by atoms with Crippen LogP contribution in [-0.2, 0) is 0 Å². The molecule has 0 amide bonds. The molecular weight excluding hydrogens is 276 g/mol. The number of pyridine rings is 1. The molecule has 0 bridgehead atoms. The SMILES string of the molecule is COc1ccc2nc(-c3nccs3)cc(C(=O)O)c2c1. The van der Waals surface area contributed by atoms with Crippen molar-refractivity contribution >= 4 is 28.2 Å². The molecule has 3 aromatic rings. The molecule has 0 atom stereocenters. The van der Waals surface area contributed by atoms with Crippen LogP contribution in [0.1, 0.15) is 10.4 Å². The lowest BCUT2D eigenvalue weighted by molar-refractivity contribution is 0.0699. The summed E-state index contributed by atoms with van der Waals surface area (Å²) in [7, 11) is 1.54. The molecule has 0 saturated carbocycles. The first kappa shape index (κ1) is 12.6. The number of hydrogen-bond acceptors (Lipinski definition) is 5. The Hall–Kier alpha value is -2.47. The highest BCUT2D eigenvalue weighted by Gasteiger charge is 2.14. The number of fused-ring (bicyclic) bond motifs is 1. The molecule has 2 heterocycles. The Morgan fingerprint density at radius 3 is 2.85 bits per heavy atom. The van der Waals surface area contributed by atoms with Gasteiger partial charge in [-0.05, 0) is 24.3 Å². The molecule has 0 radical (unpaired) electrons. The molecule has 0 aliphatic rings. The summed E-state index contributed by atoms with van der Waals surface area (Å²) >= 11 is 1.42. The summed E-state index contributed by atoms with van der Waals surface area (Å²) in [5.41, 5.74) is 1.37. The number of carboxylic acids is 1. The lowest BCUT2D eigenvalue weighted by atomic mass is 10.1. The Labute approximate surface area is 118 Å². The molecule has 1 N–H and O–H groups in total. The largest absolute Gasteiger partial charge is 0.497 e. The second-order valence-corrected chi connectivity index (χ2v) is 4.98. The van der Waals surface area contributed by atoms with E-state index in [9.17, 15) is 9.90 Å². The number of methoxy groups -OCH3 is 1. The maximum absolute atomic E-state index is 11.5. The van der Waals surface area contributed by atoms with Crippen molar-refractivity contribution in [2.75, 3.05) is 7.11 Å². The number of carbonyl (C=O) groups is 1. The first-order chi connectivity index (χ1) is 9.69. The predicted molar refractivity (Wildman–Crippen MR) is 76.4 cm³/mol. The molecule has 0 spiro atoms. The van der Waals surface area contributed by atoms with Gasteiger partial charge in [0.15, 0.2) is 0 Å². The molecular formula is C14H10N2O3S. The number of ether oxygens (including phenoxy) is 1. The van der Waals surface area contributed by atoms with Gasteiger partial charge in [0.25, 0.3) is 0 Å². The van der Waals surface area contributed by atoms with Crippen LogP contribution in [0.2, 0.25) is 0 Å². The molecule has 0 unspecified atom stereocenters. The smallest absolute Gasteiger partial charge is 0.336 e. The molecule has 5 nitrogen and oxygen atoms in total. The molecule has 1 aromatic carbocycles. The average Bonchev–Trinajstić information content (AvgIpc) is 2.99. The first-order valence-electron chi connectivity index (χ1n) is 5.81.